The molecule has 0 aromatic heterocycles. The van der Waals surface area contributed by atoms with E-state index in [-0.39, 0.29) is 11.7 Å². The van der Waals surface area contributed by atoms with Gasteiger partial charge in [0.05, 0.1) is 6.21 Å². The maximum atomic E-state index is 12.2. The summed E-state index contributed by atoms with van der Waals surface area (Å²) >= 11 is 9.23. The molecule has 0 aliphatic rings. The number of amides is 1. The molecule has 24 heavy (non-hydrogen) atoms. The number of nitrogens with zero attached hydrogens (tertiary/aromatic N) is 1. The van der Waals surface area contributed by atoms with E-state index in [1.807, 2.05) is 31.2 Å². The maximum absolute atomic E-state index is 12.2. The quantitative estimate of drug-likeness (QED) is 0.495. The third-order valence-electron chi connectivity index (χ3n) is 3.28. The fraction of sp³-hybridized carbons (Fsp3) is 0.176. The Morgan fingerprint density at radius 2 is 2.04 bits per heavy atom. The van der Waals surface area contributed by atoms with E-state index < -0.39 is 6.04 Å². The van der Waals surface area contributed by atoms with E-state index in [0.29, 0.717) is 17.0 Å². The number of halogens is 2. The van der Waals surface area contributed by atoms with Gasteiger partial charge in [0, 0.05) is 20.7 Å². The number of carbonyl (C=O) groups is 1. The summed E-state index contributed by atoms with van der Waals surface area (Å²) in [4.78, 5) is 12.2. The van der Waals surface area contributed by atoms with Crippen molar-refractivity contribution in [1.29, 1.82) is 0 Å². The van der Waals surface area contributed by atoms with Crippen LogP contribution < -0.4 is 10.7 Å². The zero-order valence-electron chi connectivity index (χ0n) is 13.0. The molecule has 0 heterocycles. The van der Waals surface area contributed by atoms with E-state index in [1.54, 1.807) is 12.1 Å². The molecule has 0 aliphatic carbocycles. The van der Waals surface area contributed by atoms with Gasteiger partial charge in [-0.15, -0.1) is 0 Å². The Morgan fingerprint density at radius 3 is 2.71 bits per heavy atom. The Bertz CT molecular complexity index is 735. The van der Waals surface area contributed by atoms with Gasteiger partial charge in [-0.2, -0.15) is 5.10 Å². The summed E-state index contributed by atoms with van der Waals surface area (Å²) < 4.78 is 0.969. The van der Waals surface area contributed by atoms with Crippen LogP contribution in [0.15, 0.2) is 52.0 Å². The Hall–Kier alpha value is -2.05. The topological polar surface area (TPSA) is 73.7 Å². The van der Waals surface area contributed by atoms with Crippen LogP contribution in [-0.4, -0.2) is 23.3 Å². The number of carbonyl (C=O) groups excluding carboxylic acids is 1. The minimum atomic E-state index is -0.420. The lowest BCUT2D eigenvalue weighted by Crippen LogP contribution is -2.36. The summed E-state index contributed by atoms with van der Waals surface area (Å²) in [6.07, 6.45) is 1.95. The molecule has 5 nitrogen and oxygen atoms in total. The van der Waals surface area contributed by atoms with Crippen molar-refractivity contribution in [3.8, 4) is 5.75 Å². The molecule has 3 N–H and O–H groups in total. The van der Waals surface area contributed by atoms with Crippen molar-refractivity contribution in [1.82, 2.24) is 5.43 Å². The number of phenolic OH excluding ortho intramolecular Hbond substituents is 1. The van der Waals surface area contributed by atoms with E-state index in [4.69, 9.17) is 11.6 Å². The summed E-state index contributed by atoms with van der Waals surface area (Å²) in [6.45, 7) is 1.91. The molecule has 0 radical (unpaired) electrons. The molecular formula is C17H17BrClN3O2. The monoisotopic (exact) mass is 409 g/mol. The molecule has 0 bridgehead atoms. The van der Waals surface area contributed by atoms with Gasteiger partial charge in [0.25, 0.3) is 5.91 Å². The molecule has 1 atom stereocenters. The number of aromatic hydroxyl groups is 1. The van der Waals surface area contributed by atoms with Gasteiger partial charge in [-0.1, -0.05) is 34.5 Å². The molecule has 2 aromatic carbocycles. The molecule has 1 unspecified atom stereocenters. The van der Waals surface area contributed by atoms with E-state index in [1.165, 1.54) is 12.3 Å². The predicted octanol–water partition coefficient (Wildman–Crippen LogP) is 4.15. The number of hydrazone groups is 1. The van der Waals surface area contributed by atoms with Gasteiger partial charge in [0.2, 0.25) is 0 Å². The largest absolute Gasteiger partial charge is 0.507 e. The Kier molecular flexibility index (Phi) is 6.63. The molecule has 0 saturated heterocycles. The van der Waals surface area contributed by atoms with Crippen LogP contribution >= 0.6 is 27.5 Å². The van der Waals surface area contributed by atoms with Crippen LogP contribution in [0.3, 0.4) is 0 Å². The SMILES string of the molecule is CCC(Nc1ccc(Br)cc1)C(=O)NN=Cc1cc(Cl)ccc1O. The maximum Gasteiger partial charge on any atom is 0.262 e. The van der Waals surface area contributed by atoms with E-state index >= 15 is 0 Å². The van der Waals surface area contributed by atoms with Crippen molar-refractivity contribution < 1.29 is 9.90 Å². The molecular weight excluding hydrogens is 394 g/mol. The Balaban J connectivity index is 1.97. The van der Waals surface area contributed by atoms with Crippen molar-refractivity contribution in [3.63, 3.8) is 0 Å². The van der Waals surface area contributed by atoms with Crippen LogP contribution in [0.25, 0.3) is 0 Å². The number of nitrogens with one attached hydrogen (secondary N) is 2. The standard InChI is InChI=1S/C17H17BrClN3O2/c1-2-15(21-14-6-3-12(18)4-7-14)17(24)22-20-10-11-9-13(19)5-8-16(11)23/h3-10,15,21,23H,2H2,1H3,(H,22,24). The number of rotatable bonds is 6. The highest BCUT2D eigenvalue weighted by Crippen LogP contribution is 2.19. The first kappa shape index (κ1) is 18.3. The van der Waals surface area contributed by atoms with Crippen LogP contribution in [-0.2, 0) is 4.79 Å². The fourth-order valence-electron chi connectivity index (χ4n) is 1.97. The first-order valence-electron chi connectivity index (χ1n) is 7.33. The number of anilines is 1. The van der Waals surface area contributed by atoms with Crippen molar-refractivity contribution in [2.75, 3.05) is 5.32 Å². The summed E-state index contributed by atoms with van der Waals surface area (Å²) in [6, 6.07) is 11.7. The number of hydrogen-bond donors (Lipinski definition) is 3. The van der Waals surface area contributed by atoms with Crippen LogP contribution in [0.5, 0.6) is 5.75 Å². The van der Waals surface area contributed by atoms with Gasteiger partial charge in [-0.3, -0.25) is 4.79 Å². The molecule has 7 heteroatoms. The van der Waals surface area contributed by atoms with Crippen LogP contribution in [0.4, 0.5) is 5.69 Å². The van der Waals surface area contributed by atoms with Crippen molar-refractivity contribution >= 4 is 45.3 Å². The summed E-state index contributed by atoms with van der Waals surface area (Å²) in [5, 5.41) is 17.2. The normalized spacial score (nSPS) is 12.1. The molecule has 2 rings (SSSR count). The first-order chi connectivity index (χ1) is 11.5. The zero-order chi connectivity index (χ0) is 17.5. The Labute approximate surface area is 153 Å². The van der Waals surface area contributed by atoms with Gasteiger partial charge in [-0.25, -0.2) is 5.43 Å². The summed E-state index contributed by atoms with van der Waals surface area (Å²) in [7, 11) is 0. The minimum Gasteiger partial charge on any atom is -0.507 e. The molecule has 0 fully saturated rings. The molecule has 0 aliphatic heterocycles. The van der Waals surface area contributed by atoms with Crippen molar-refractivity contribution in [3.05, 3.63) is 57.5 Å². The predicted molar refractivity (Wildman–Crippen MR) is 101 cm³/mol. The number of benzene rings is 2. The van der Waals surface area contributed by atoms with E-state index in [9.17, 15) is 9.90 Å². The fourth-order valence-corrected chi connectivity index (χ4v) is 2.42. The van der Waals surface area contributed by atoms with Gasteiger partial charge < -0.3 is 10.4 Å². The zero-order valence-corrected chi connectivity index (χ0v) is 15.3. The Morgan fingerprint density at radius 1 is 1.33 bits per heavy atom. The van der Waals surface area contributed by atoms with Crippen molar-refractivity contribution in [2.45, 2.75) is 19.4 Å². The van der Waals surface area contributed by atoms with Crippen LogP contribution in [0.1, 0.15) is 18.9 Å². The summed E-state index contributed by atoms with van der Waals surface area (Å²) in [5.74, 6) is -0.226. The number of phenols is 1. The van der Waals surface area contributed by atoms with Gasteiger partial charge in [-0.05, 0) is 48.9 Å². The highest BCUT2D eigenvalue weighted by molar-refractivity contribution is 9.10. The van der Waals surface area contributed by atoms with E-state index in [0.717, 1.165) is 10.2 Å². The van der Waals surface area contributed by atoms with E-state index in [2.05, 4.69) is 31.8 Å². The average Bonchev–Trinajstić information content (AvgIpc) is 2.57. The third kappa shape index (κ3) is 5.25. The second-order valence-electron chi connectivity index (χ2n) is 5.05. The molecule has 2 aromatic rings. The second kappa shape index (κ2) is 8.70. The lowest BCUT2D eigenvalue weighted by atomic mass is 10.2. The van der Waals surface area contributed by atoms with Crippen molar-refractivity contribution in [2.24, 2.45) is 5.10 Å². The third-order valence-corrected chi connectivity index (χ3v) is 4.04. The van der Waals surface area contributed by atoms with Crippen LogP contribution in [0, 0.1) is 0 Å². The first-order valence-corrected chi connectivity index (χ1v) is 8.50. The highest BCUT2D eigenvalue weighted by Gasteiger charge is 2.15. The van der Waals surface area contributed by atoms with Crippen LogP contribution in [0.2, 0.25) is 5.02 Å². The van der Waals surface area contributed by atoms with Gasteiger partial charge in [0.15, 0.2) is 0 Å². The minimum absolute atomic E-state index is 0.0393. The molecule has 126 valence electrons. The second-order valence-corrected chi connectivity index (χ2v) is 6.40. The number of hydrogen-bond acceptors (Lipinski definition) is 4. The molecule has 1 amide bonds. The molecule has 0 spiro atoms. The average molecular weight is 411 g/mol. The highest BCUT2D eigenvalue weighted by atomic mass is 79.9. The smallest absolute Gasteiger partial charge is 0.262 e. The lowest BCUT2D eigenvalue weighted by Gasteiger charge is -2.16. The van der Waals surface area contributed by atoms with Gasteiger partial charge in [0.1, 0.15) is 11.8 Å². The van der Waals surface area contributed by atoms with Gasteiger partial charge >= 0.3 is 0 Å². The lowest BCUT2D eigenvalue weighted by molar-refractivity contribution is -0.121. The molecule has 0 saturated carbocycles. The summed E-state index contributed by atoms with van der Waals surface area (Å²) in [5.41, 5.74) is 3.74.